The molecule has 0 aliphatic heterocycles. The number of aromatic nitrogens is 1. The minimum absolute atomic E-state index is 0.108. The lowest BCUT2D eigenvalue weighted by Crippen LogP contribution is -2.32. The lowest BCUT2D eigenvalue weighted by Gasteiger charge is -2.22. The fourth-order valence-electron chi connectivity index (χ4n) is 2.21. The van der Waals surface area contributed by atoms with Gasteiger partial charge in [0.1, 0.15) is 0 Å². The van der Waals surface area contributed by atoms with Crippen molar-refractivity contribution in [3.05, 3.63) is 63.5 Å². The SMILES string of the molecule is O=C(c1cccc(I)c1)N(Cc1ccccn1)C1CC1. The summed E-state index contributed by atoms with van der Waals surface area (Å²) in [5.74, 6) is 0.108. The topological polar surface area (TPSA) is 33.2 Å². The van der Waals surface area contributed by atoms with Gasteiger partial charge in [-0.05, 0) is 65.8 Å². The first-order valence-electron chi connectivity index (χ1n) is 6.70. The molecule has 0 saturated heterocycles. The van der Waals surface area contributed by atoms with Gasteiger partial charge in [0, 0.05) is 21.4 Å². The van der Waals surface area contributed by atoms with E-state index in [9.17, 15) is 4.79 Å². The average Bonchev–Trinajstić information content (AvgIpc) is 3.30. The standard InChI is InChI=1S/C16H15IN2O/c17-13-5-3-4-12(10-13)16(20)19(15-7-8-15)11-14-6-1-2-9-18-14/h1-6,9-10,15H,7-8,11H2. The second-order valence-electron chi connectivity index (χ2n) is 5.00. The van der Waals surface area contributed by atoms with Crippen LogP contribution in [0.1, 0.15) is 28.9 Å². The number of carbonyl (C=O) groups is 1. The molecule has 2 aromatic rings. The van der Waals surface area contributed by atoms with Gasteiger partial charge in [0.25, 0.3) is 5.91 Å². The third-order valence-corrected chi connectivity index (χ3v) is 4.05. The summed E-state index contributed by atoms with van der Waals surface area (Å²) >= 11 is 2.24. The quantitative estimate of drug-likeness (QED) is 0.764. The van der Waals surface area contributed by atoms with E-state index < -0.39 is 0 Å². The first-order valence-corrected chi connectivity index (χ1v) is 7.78. The van der Waals surface area contributed by atoms with Crippen LogP contribution in [-0.4, -0.2) is 21.8 Å². The highest BCUT2D eigenvalue weighted by atomic mass is 127. The summed E-state index contributed by atoms with van der Waals surface area (Å²) in [6, 6.07) is 14.0. The van der Waals surface area contributed by atoms with E-state index in [1.807, 2.05) is 47.4 Å². The van der Waals surface area contributed by atoms with Crippen LogP contribution >= 0.6 is 22.6 Å². The van der Waals surface area contributed by atoms with Crippen molar-refractivity contribution in [3.63, 3.8) is 0 Å². The van der Waals surface area contributed by atoms with Gasteiger partial charge in [0.15, 0.2) is 0 Å². The van der Waals surface area contributed by atoms with Gasteiger partial charge in [0.2, 0.25) is 0 Å². The van der Waals surface area contributed by atoms with Crippen molar-refractivity contribution in [2.45, 2.75) is 25.4 Å². The second-order valence-corrected chi connectivity index (χ2v) is 6.24. The molecule has 0 spiro atoms. The van der Waals surface area contributed by atoms with Gasteiger partial charge >= 0.3 is 0 Å². The molecule has 1 aromatic carbocycles. The van der Waals surface area contributed by atoms with Gasteiger partial charge < -0.3 is 4.90 Å². The molecule has 1 amide bonds. The summed E-state index contributed by atoms with van der Waals surface area (Å²) in [4.78, 5) is 19.0. The minimum Gasteiger partial charge on any atom is -0.330 e. The van der Waals surface area contributed by atoms with Gasteiger partial charge in [-0.15, -0.1) is 0 Å². The lowest BCUT2D eigenvalue weighted by atomic mass is 10.2. The maximum absolute atomic E-state index is 12.7. The number of pyridine rings is 1. The molecule has 3 nitrogen and oxygen atoms in total. The number of carbonyl (C=O) groups excluding carboxylic acids is 1. The molecule has 3 rings (SSSR count). The molecule has 0 N–H and O–H groups in total. The summed E-state index contributed by atoms with van der Waals surface area (Å²) in [7, 11) is 0. The molecular weight excluding hydrogens is 363 g/mol. The Kier molecular flexibility index (Phi) is 4.00. The molecular formula is C16H15IN2O. The van der Waals surface area contributed by atoms with Crippen molar-refractivity contribution in [1.82, 2.24) is 9.88 Å². The predicted molar refractivity (Wildman–Crippen MR) is 86.3 cm³/mol. The first-order chi connectivity index (χ1) is 9.74. The number of benzene rings is 1. The number of halogens is 1. The van der Waals surface area contributed by atoms with Crippen LogP contribution in [0.15, 0.2) is 48.7 Å². The minimum atomic E-state index is 0.108. The van der Waals surface area contributed by atoms with Crippen molar-refractivity contribution in [3.8, 4) is 0 Å². The molecule has 0 atom stereocenters. The van der Waals surface area contributed by atoms with Gasteiger partial charge in [-0.3, -0.25) is 9.78 Å². The lowest BCUT2D eigenvalue weighted by molar-refractivity contribution is 0.0727. The largest absolute Gasteiger partial charge is 0.330 e. The number of rotatable bonds is 4. The molecule has 20 heavy (non-hydrogen) atoms. The fourth-order valence-corrected chi connectivity index (χ4v) is 2.75. The zero-order valence-corrected chi connectivity index (χ0v) is 13.2. The summed E-state index contributed by atoms with van der Waals surface area (Å²) in [6.45, 7) is 0.593. The average molecular weight is 378 g/mol. The summed E-state index contributed by atoms with van der Waals surface area (Å²) in [6.07, 6.45) is 3.97. The van der Waals surface area contributed by atoms with Crippen molar-refractivity contribution < 1.29 is 4.79 Å². The first kappa shape index (κ1) is 13.5. The van der Waals surface area contributed by atoms with E-state index in [2.05, 4.69) is 27.6 Å². The van der Waals surface area contributed by atoms with E-state index in [4.69, 9.17) is 0 Å². The van der Waals surface area contributed by atoms with Gasteiger partial charge in [0.05, 0.1) is 12.2 Å². The van der Waals surface area contributed by atoms with Crippen LogP contribution in [0.25, 0.3) is 0 Å². The normalized spacial score (nSPS) is 14.1. The highest BCUT2D eigenvalue weighted by Gasteiger charge is 2.33. The molecule has 0 radical (unpaired) electrons. The summed E-state index contributed by atoms with van der Waals surface area (Å²) < 4.78 is 1.09. The third-order valence-electron chi connectivity index (χ3n) is 3.38. The summed E-state index contributed by atoms with van der Waals surface area (Å²) in [5.41, 5.74) is 1.71. The number of hydrogen-bond acceptors (Lipinski definition) is 2. The van der Waals surface area contributed by atoms with Gasteiger partial charge in [-0.1, -0.05) is 12.1 Å². The van der Waals surface area contributed by atoms with E-state index in [0.717, 1.165) is 27.7 Å². The Bertz CT molecular complexity index is 611. The second kappa shape index (κ2) is 5.91. The van der Waals surface area contributed by atoms with Crippen molar-refractivity contribution in [2.24, 2.45) is 0 Å². The molecule has 0 unspecified atom stereocenters. The third kappa shape index (κ3) is 3.17. The zero-order chi connectivity index (χ0) is 13.9. The Morgan fingerprint density at radius 2 is 2.10 bits per heavy atom. The van der Waals surface area contributed by atoms with E-state index >= 15 is 0 Å². The smallest absolute Gasteiger partial charge is 0.254 e. The Morgan fingerprint density at radius 1 is 1.25 bits per heavy atom. The van der Waals surface area contributed by atoms with Crippen LogP contribution in [0.4, 0.5) is 0 Å². The van der Waals surface area contributed by atoms with Crippen LogP contribution in [-0.2, 0) is 6.54 Å². The Labute approximate surface area is 132 Å². The Morgan fingerprint density at radius 3 is 2.75 bits per heavy atom. The van der Waals surface area contributed by atoms with Crippen LogP contribution in [0.3, 0.4) is 0 Å². The van der Waals surface area contributed by atoms with Gasteiger partial charge in [-0.2, -0.15) is 0 Å². The molecule has 1 fully saturated rings. The van der Waals surface area contributed by atoms with Crippen molar-refractivity contribution >= 4 is 28.5 Å². The van der Waals surface area contributed by atoms with Crippen LogP contribution in [0.5, 0.6) is 0 Å². The molecule has 1 aliphatic carbocycles. The van der Waals surface area contributed by atoms with Gasteiger partial charge in [-0.25, -0.2) is 0 Å². The monoisotopic (exact) mass is 378 g/mol. The van der Waals surface area contributed by atoms with Crippen LogP contribution in [0.2, 0.25) is 0 Å². The maximum atomic E-state index is 12.7. The molecule has 0 bridgehead atoms. The maximum Gasteiger partial charge on any atom is 0.254 e. The molecule has 1 aromatic heterocycles. The fraction of sp³-hybridized carbons (Fsp3) is 0.250. The van der Waals surface area contributed by atoms with Crippen molar-refractivity contribution in [1.29, 1.82) is 0 Å². The highest BCUT2D eigenvalue weighted by Crippen LogP contribution is 2.29. The summed E-state index contributed by atoms with van der Waals surface area (Å²) in [5, 5.41) is 0. The molecule has 1 heterocycles. The molecule has 4 heteroatoms. The molecule has 1 aliphatic rings. The molecule has 102 valence electrons. The Hall–Kier alpha value is -1.43. The van der Waals surface area contributed by atoms with E-state index in [-0.39, 0.29) is 5.91 Å². The Balaban J connectivity index is 1.82. The van der Waals surface area contributed by atoms with Crippen molar-refractivity contribution in [2.75, 3.05) is 0 Å². The van der Waals surface area contributed by atoms with E-state index in [1.54, 1.807) is 6.20 Å². The van der Waals surface area contributed by atoms with Crippen LogP contribution < -0.4 is 0 Å². The van der Waals surface area contributed by atoms with Crippen LogP contribution in [0, 0.1) is 3.57 Å². The number of amides is 1. The molecule has 1 saturated carbocycles. The predicted octanol–water partition coefficient (Wildman–Crippen LogP) is 3.49. The zero-order valence-electron chi connectivity index (χ0n) is 11.0. The van der Waals surface area contributed by atoms with E-state index in [1.165, 1.54) is 0 Å². The number of hydrogen-bond donors (Lipinski definition) is 0. The van der Waals surface area contributed by atoms with E-state index in [0.29, 0.717) is 12.6 Å². The number of nitrogens with zero attached hydrogens (tertiary/aromatic N) is 2. The highest BCUT2D eigenvalue weighted by molar-refractivity contribution is 14.1.